The summed E-state index contributed by atoms with van der Waals surface area (Å²) >= 11 is 0. The highest BCUT2D eigenvalue weighted by Crippen LogP contribution is 2.20. The normalized spacial score (nSPS) is 11.4. The molecule has 0 aromatic heterocycles. The summed E-state index contributed by atoms with van der Waals surface area (Å²) in [7, 11) is 1.25. The van der Waals surface area contributed by atoms with E-state index in [4.69, 9.17) is 10.4 Å². The molecule has 90 valence electrons. The Morgan fingerprint density at radius 1 is 1.65 bits per heavy atom. The summed E-state index contributed by atoms with van der Waals surface area (Å²) < 4.78 is 4.54. The van der Waals surface area contributed by atoms with Gasteiger partial charge in [-0.15, -0.1) is 0 Å². The molecular weight excluding hydrogens is 220 g/mol. The number of carbonyl (C=O) groups is 1. The maximum atomic E-state index is 11.3. The topological polar surface area (TPSA) is 82.3 Å². The fourth-order valence-electron chi connectivity index (χ4n) is 1.45. The summed E-state index contributed by atoms with van der Waals surface area (Å²) in [6.07, 6.45) is 0. The van der Waals surface area contributed by atoms with E-state index in [1.54, 1.807) is 12.1 Å². The zero-order valence-corrected chi connectivity index (χ0v) is 9.73. The van der Waals surface area contributed by atoms with Crippen molar-refractivity contribution in [3.8, 4) is 6.07 Å². The zero-order valence-electron chi connectivity index (χ0n) is 9.73. The number of nitrogens with one attached hydrogen (secondary N) is 1. The van der Waals surface area contributed by atoms with Crippen molar-refractivity contribution in [2.45, 2.75) is 13.0 Å². The molecule has 0 aliphatic rings. The second-order valence-corrected chi connectivity index (χ2v) is 3.51. The van der Waals surface area contributed by atoms with Gasteiger partial charge < -0.3 is 15.2 Å². The number of hydrogen-bond donors (Lipinski definition) is 2. The fourth-order valence-corrected chi connectivity index (χ4v) is 1.45. The molecule has 0 radical (unpaired) electrons. The summed E-state index contributed by atoms with van der Waals surface area (Å²) in [6, 6.07) is 6.37. The third kappa shape index (κ3) is 2.95. The van der Waals surface area contributed by atoms with Crippen LogP contribution in [-0.4, -0.2) is 30.8 Å². The van der Waals surface area contributed by atoms with Gasteiger partial charge in [-0.05, 0) is 18.6 Å². The van der Waals surface area contributed by atoms with Gasteiger partial charge in [-0.2, -0.15) is 5.26 Å². The third-order valence-corrected chi connectivity index (χ3v) is 2.38. The van der Waals surface area contributed by atoms with Crippen LogP contribution in [0.5, 0.6) is 0 Å². The number of ether oxygens (including phenoxy) is 1. The molecule has 0 aliphatic carbocycles. The lowest BCUT2D eigenvalue weighted by Gasteiger charge is -2.17. The monoisotopic (exact) mass is 234 g/mol. The molecule has 17 heavy (non-hydrogen) atoms. The molecule has 1 unspecified atom stereocenters. The summed E-state index contributed by atoms with van der Waals surface area (Å²) in [5.41, 5.74) is 1.79. The first kappa shape index (κ1) is 13.0. The molecular formula is C12H14N2O3. The Bertz CT molecular complexity index is 452. The van der Waals surface area contributed by atoms with Gasteiger partial charge in [0.25, 0.3) is 0 Å². The number of aliphatic hydroxyl groups is 1. The fraction of sp³-hybridized carbons (Fsp3) is 0.333. The Hall–Kier alpha value is -2.06. The molecule has 1 atom stereocenters. The van der Waals surface area contributed by atoms with E-state index in [-0.39, 0.29) is 0 Å². The van der Waals surface area contributed by atoms with Crippen molar-refractivity contribution in [2.24, 2.45) is 0 Å². The molecule has 0 saturated heterocycles. The van der Waals surface area contributed by atoms with Crippen molar-refractivity contribution >= 4 is 11.7 Å². The van der Waals surface area contributed by atoms with E-state index in [1.165, 1.54) is 7.11 Å². The van der Waals surface area contributed by atoms with Crippen LogP contribution in [0.2, 0.25) is 0 Å². The number of para-hydroxylation sites is 1. The van der Waals surface area contributed by atoms with Gasteiger partial charge in [0.1, 0.15) is 12.1 Å². The molecule has 0 saturated carbocycles. The van der Waals surface area contributed by atoms with Gasteiger partial charge in [-0.1, -0.05) is 12.1 Å². The second kappa shape index (κ2) is 5.87. The van der Waals surface area contributed by atoms with Gasteiger partial charge in [-0.3, -0.25) is 0 Å². The van der Waals surface area contributed by atoms with E-state index in [2.05, 4.69) is 10.1 Å². The van der Waals surface area contributed by atoms with Crippen molar-refractivity contribution in [3.63, 3.8) is 0 Å². The minimum atomic E-state index is -0.867. The number of aliphatic hydroxyl groups excluding tert-OH is 1. The van der Waals surface area contributed by atoms with Crippen molar-refractivity contribution < 1.29 is 14.6 Å². The van der Waals surface area contributed by atoms with E-state index in [0.29, 0.717) is 11.3 Å². The summed E-state index contributed by atoms with van der Waals surface area (Å²) in [4.78, 5) is 11.3. The lowest BCUT2D eigenvalue weighted by Crippen LogP contribution is -2.34. The van der Waals surface area contributed by atoms with Crippen molar-refractivity contribution in [2.75, 3.05) is 19.0 Å². The molecule has 0 amide bonds. The van der Waals surface area contributed by atoms with E-state index in [1.807, 2.05) is 19.1 Å². The molecule has 0 spiro atoms. The molecule has 0 bridgehead atoms. The Labute approximate surface area is 99.6 Å². The Balaban J connectivity index is 3.01. The first-order valence-electron chi connectivity index (χ1n) is 5.09. The average Bonchev–Trinajstić information content (AvgIpc) is 2.36. The van der Waals surface area contributed by atoms with E-state index < -0.39 is 18.6 Å². The number of methoxy groups -OCH3 is 1. The van der Waals surface area contributed by atoms with E-state index in [9.17, 15) is 4.79 Å². The molecule has 5 heteroatoms. The van der Waals surface area contributed by atoms with Gasteiger partial charge in [0.05, 0.1) is 25.0 Å². The number of nitrogens with zero attached hydrogens (tertiary/aromatic N) is 1. The molecule has 0 aliphatic heterocycles. The number of aryl methyl sites for hydroxylation is 1. The molecule has 0 heterocycles. The second-order valence-electron chi connectivity index (χ2n) is 3.51. The van der Waals surface area contributed by atoms with Gasteiger partial charge >= 0.3 is 5.97 Å². The standard InChI is InChI=1S/C12H14N2O3/c1-8-4-3-5-9(6-13)11(8)14-10(7-15)12(16)17-2/h3-5,10,14-15H,7H2,1-2H3. The predicted octanol–water partition coefficient (Wildman–Crippen LogP) is 0.812. The first-order chi connectivity index (χ1) is 8.13. The summed E-state index contributed by atoms with van der Waals surface area (Å²) in [5.74, 6) is -0.570. The molecule has 1 aromatic carbocycles. The van der Waals surface area contributed by atoms with Crippen LogP contribution in [0.4, 0.5) is 5.69 Å². The first-order valence-corrected chi connectivity index (χ1v) is 5.09. The van der Waals surface area contributed by atoms with Crippen LogP contribution in [0.3, 0.4) is 0 Å². The smallest absolute Gasteiger partial charge is 0.330 e. The highest BCUT2D eigenvalue weighted by molar-refractivity contribution is 5.80. The third-order valence-electron chi connectivity index (χ3n) is 2.38. The van der Waals surface area contributed by atoms with Crippen LogP contribution in [-0.2, 0) is 9.53 Å². The van der Waals surface area contributed by atoms with Crippen LogP contribution < -0.4 is 5.32 Å². The van der Waals surface area contributed by atoms with Gasteiger partial charge in [0.15, 0.2) is 0 Å². The number of anilines is 1. The van der Waals surface area contributed by atoms with Crippen molar-refractivity contribution in [1.82, 2.24) is 0 Å². The quantitative estimate of drug-likeness (QED) is 0.753. The van der Waals surface area contributed by atoms with Gasteiger partial charge in [-0.25, -0.2) is 4.79 Å². The Morgan fingerprint density at radius 3 is 2.88 bits per heavy atom. The number of nitriles is 1. The molecule has 1 aromatic rings. The van der Waals surface area contributed by atoms with E-state index >= 15 is 0 Å². The van der Waals surface area contributed by atoms with Gasteiger partial charge in [0, 0.05) is 0 Å². The highest BCUT2D eigenvalue weighted by atomic mass is 16.5. The molecule has 0 fully saturated rings. The van der Waals surface area contributed by atoms with E-state index in [0.717, 1.165) is 5.56 Å². The average molecular weight is 234 g/mol. The minimum Gasteiger partial charge on any atom is -0.467 e. The number of rotatable bonds is 4. The van der Waals surface area contributed by atoms with Crippen molar-refractivity contribution in [1.29, 1.82) is 5.26 Å². The predicted molar refractivity (Wildman–Crippen MR) is 62.4 cm³/mol. The van der Waals surface area contributed by atoms with Crippen LogP contribution in [0.1, 0.15) is 11.1 Å². The molecule has 5 nitrogen and oxygen atoms in total. The lowest BCUT2D eigenvalue weighted by atomic mass is 10.1. The maximum absolute atomic E-state index is 11.3. The Kier molecular flexibility index (Phi) is 4.49. The van der Waals surface area contributed by atoms with Crippen LogP contribution in [0.25, 0.3) is 0 Å². The lowest BCUT2D eigenvalue weighted by molar-refractivity contribution is -0.142. The Morgan fingerprint density at radius 2 is 2.35 bits per heavy atom. The summed E-state index contributed by atoms with van der Waals surface area (Å²) in [6.45, 7) is 1.42. The van der Waals surface area contributed by atoms with Crippen LogP contribution >= 0.6 is 0 Å². The largest absolute Gasteiger partial charge is 0.467 e. The molecule has 2 N–H and O–H groups in total. The minimum absolute atomic E-state index is 0.397. The van der Waals surface area contributed by atoms with Crippen LogP contribution in [0, 0.1) is 18.3 Å². The number of esters is 1. The SMILES string of the molecule is COC(=O)C(CO)Nc1c(C)cccc1C#N. The van der Waals surface area contributed by atoms with Gasteiger partial charge in [0.2, 0.25) is 0 Å². The number of hydrogen-bond acceptors (Lipinski definition) is 5. The summed E-state index contributed by atoms with van der Waals surface area (Å²) in [5, 5.41) is 20.9. The van der Waals surface area contributed by atoms with Crippen molar-refractivity contribution in [3.05, 3.63) is 29.3 Å². The molecule has 1 rings (SSSR count). The number of carbonyl (C=O) groups excluding carboxylic acids is 1. The maximum Gasteiger partial charge on any atom is 0.330 e. The highest BCUT2D eigenvalue weighted by Gasteiger charge is 2.19. The zero-order chi connectivity index (χ0) is 12.8. The van der Waals surface area contributed by atoms with Crippen LogP contribution in [0.15, 0.2) is 18.2 Å². The number of benzene rings is 1.